The molecule has 4 N–H and O–H groups in total. The van der Waals surface area contributed by atoms with Crippen LogP contribution in [0.1, 0.15) is 9.67 Å². The smallest absolute Gasteiger partial charge is 0.349 e. The molecule has 1 heterocycles. The Balaban J connectivity index is 2.08. The largest absolute Gasteiger partial charge is 0.479 e. The number of hydrogen-bond acceptors (Lipinski definition) is 5. The van der Waals surface area contributed by atoms with Crippen molar-refractivity contribution in [3.63, 3.8) is 0 Å². The third kappa shape index (κ3) is 3.02. The zero-order chi connectivity index (χ0) is 17.3. The third-order valence-corrected chi connectivity index (χ3v) is 4.54. The lowest BCUT2D eigenvalue weighted by Crippen LogP contribution is -2.10. The molecule has 0 atom stereocenters. The molecule has 0 spiro atoms. The Morgan fingerprint density at radius 1 is 1.04 bits per heavy atom. The van der Waals surface area contributed by atoms with Gasteiger partial charge in [0, 0.05) is 15.8 Å². The van der Waals surface area contributed by atoms with E-state index in [-0.39, 0.29) is 10.6 Å². The van der Waals surface area contributed by atoms with Gasteiger partial charge >= 0.3 is 11.9 Å². The number of benzene rings is 2. The van der Waals surface area contributed by atoms with E-state index in [1.165, 1.54) is 0 Å². The summed E-state index contributed by atoms with van der Waals surface area (Å²) in [5, 5.41) is 18.6. The quantitative estimate of drug-likeness (QED) is 0.613. The number of nitrogen functional groups attached to an aromatic ring is 1. The standard InChI is InChI=1S/C17H13NO5S/c18-11-4-1-9(2-5-11)10-3-6-12-13(7-10)24-16(17(21)22)15(12)23-8-14(19)20/h1-7H,8,18H2,(H,19,20)(H,21,22). The van der Waals surface area contributed by atoms with Gasteiger partial charge in [-0.15, -0.1) is 11.3 Å². The van der Waals surface area contributed by atoms with Crippen molar-refractivity contribution in [1.82, 2.24) is 0 Å². The summed E-state index contributed by atoms with van der Waals surface area (Å²) in [6.45, 7) is -0.591. The molecule has 6 nitrogen and oxygen atoms in total. The molecule has 0 aliphatic carbocycles. The van der Waals surface area contributed by atoms with E-state index in [2.05, 4.69) is 0 Å². The maximum absolute atomic E-state index is 11.4. The van der Waals surface area contributed by atoms with E-state index >= 15 is 0 Å². The number of hydrogen-bond donors (Lipinski definition) is 3. The van der Waals surface area contributed by atoms with Gasteiger partial charge in [0.05, 0.1) is 0 Å². The molecule has 0 aliphatic rings. The van der Waals surface area contributed by atoms with E-state index in [4.69, 9.17) is 15.6 Å². The van der Waals surface area contributed by atoms with Crippen molar-refractivity contribution in [2.75, 3.05) is 12.3 Å². The van der Waals surface area contributed by atoms with Crippen LogP contribution in [0.15, 0.2) is 42.5 Å². The Bertz CT molecular complexity index is 930. The van der Waals surface area contributed by atoms with Gasteiger partial charge in [0.25, 0.3) is 0 Å². The molecule has 0 bridgehead atoms. The number of thiophene rings is 1. The van der Waals surface area contributed by atoms with E-state index in [0.717, 1.165) is 22.5 Å². The van der Waals surface area contributed by atoms with Crippen LogP contribution in [0.25, 0.3) is 21.2 Å². The highest BCUT2D eigenvalue weighted by molar-refractivity contribution is 7.21. The van der Waals surface area contributed by atoms with Crippen LogP contribution in [-0.2, 0) is 4.79 Å². The third-order valence-electron chi connectivity index (χ3n) is 3.42. The van der Waals surface area contributed by atoms with Gasteiger partial charge in [-0.1, -0.05) is 18.2 Å². The van der Waals surface area contributed by atoms with Crippen molar-refractivity contribution in [3.05, 3.63) is 47.3 Å². The Labute approximate surface area is 140 Å². The summed E-state index contributed by atoms with van der Waals surface area (Å²) >= 11 is 1.05. The molecule has 2 aromatic carbocycles. The number of rotatable bonds is 5. The zero-order valence-corrected chi connectivity index (χ0v) is 13.2. The van der Waals surface area contributed by atoms with Crippen LogP contribution >= 0.6 is 11.3 Å². The first kappa shape index (κ1) is 15.8. The SMILES string of the molecule is Nc1ccc(-c2ccc3c(OCC(=O)O)c(C(=O)O)sc3c2)cc1. The van der Waals surface area contributed by atoms with E-state index in [0.29, 0.717) is 15.8 Å². The average molecular weight is 343 g/mol. The number of carboxylic acids is 2. The van der Waals surface area contributed by atoms with Crippen LogP contribution in [0, 0.1) is 0 Å². The van der Waals surface area contributed by atoms with Crippen molar-refractivity contribution in [2.24, 2.45) is 0 Å². The van der Waals surface area contributed by atoms with E-state index in [9.17, 15) is 14.7 Å². The number of aliphatic carboxylic acids is 1. The molecule has 0 saturated heterocycles. The van der Waals surface area contributed by atoms with E-state index in [1.54, 1.807) is 18.2 Å². The van der Waals surface area contributed by atoms with Crippen LogP contribution in [0.3, 0.4) is 0 Å². The first-order chi connectivity index (χ1) is 11.5. The molecule has 0 fully saturated rings. The molecule has 24 heavy (non-hydrogen) atoms. The molecule has 0 saturated carbocycles. The number of nitrogens with two attached hydrogens (primary N) is 1. The fraction of sp³-hybridized carbons (Fsp3) is 0.0588. The predicted octanol–water partition coefficient (Wildman–Crippen LogP) is 3.31. The number of carbonyl (C=O) groups is 2. The minimum Gasteiger partial charge on any atom is -0.479 e. The summed E-state index contributed by atoms with van der Waals surface area (Å²) in [5.41, 5.74) is 8.20. The number of anilines is 1. The average Bonchev–Trinajstić information content (AvgIpc) is 2.91. The fourth-order valence-corrected chi connectivity index (χ4v) is 3.37. The molecule has 122 valence electrons. The van der Waals surface area contributed by atoms with Gasteiger partial charge in [-0.2, -0.15) is 0 Å². The second kappa shape index (κ2) is 6.21. The highest BCUT2D eigenvalue weighted by Gasteiger charge is 2.20. The summed E-state index contributed by atoms with van der Waals surface area (Å²) in [4.78, 5) is 22.1. The van der Waals surface area contributed by atoms with Crippen LogP contribution in [-0.4, -0.2) is 28.8 Å². The minimum atomic E-state index is -1.16. The molecule has 3 aromatic rings. The van der Waals surface area contributed by atoms with Crippen molar-refractivity contribution in [3.8, 4) is 16.9 Å². The second-order valence-electron chi connectivity index (χ2n) is 5.08. The number of ether oxygens (including phenoxy) is 1. The summed E-state index contributed by atoms with van der Waals surface area (Å²) in [7, 11) is 0. The lowest BCUT2D eigenvalue weighted by molar-refractivity contribution is -0.139. The molecule has 0 radical (unpaired) electrons. The first-order valence-corrected chi connectivity index (χ1v) is 7.77. The van der Waals surface area contributed by atoms with Crippen LogP contribution in [0.4, 0.5) is 5.69 Å². The molecule has 0 unspecified atom stereocenters. The van der Waals surface area contributed by atoms with Crippen molar-refractivity contribution < 1.29 is 24.5 Å². The Morgan fingerprint density at radius 3 is 2.33 bits per heavy atom. The molecular formula is C17H13NO5S. The van der Waals surface area contributed by atoms with Gasteiger partial charge in [-0.05, 0) is 35.4 Å². The van der Waals surface area contributed by atoms with Crippen LogP contribution in [0.2, 0.25) is 0 Å². The summed E-state index contributed by atoms with van der Waals surface area (Å²) in [5.74, 6) is -2.22. The van der Waals surface area contributed by atoms with Gasteiger partial charge in [0.1, 0.15) is 0 Å². The van der Waals surface area contributed by atoms with Gasteiger partial charge in [0.2, 0.25) is 0 Å². The maximum atomic E-state index is 11.4. The van der Waals surface area contributed by atoms with Crippen molar-refractivity contribution >= 4 is 39.0 Å². The van der Waals surface area contributed by atoms with Crippen molar-refractivity contribution in [1.29, 1.82) is 0 Å². The number of aromatic carboxylic acids is 1. The summed E-state index contributed by atoms with van der Waals surface area (Å²) in [6, 6.07) is 12.8. The predicted molar refractivity (Wildman–Crippen MR) is 91.8 cm³/mol. The lowest BCUT2D eigenvalue weighted by Gasteiger charge is -2.05. The Morgan fingerprint density at radius 2 is 1.71 bits per heavy atom. The second-order valence-corrected chi connectivity index (χ2v) is 6.13. The highest BCUT2D eigenvalue weighted by atomic mass is 32.1. The maximum Gasteiger partial charge on any atom is 0.349 e. The molecular weight excluding hydrogens is 330 g/mol. The number of fused-ring (bicyclic) bond motifs is 1. The van der Waals surface area contributed by atoms with Crippen LogP contribution < -0.4 is 10.5 Å². The van der Waals surface area contributed by atoms with Gasteiger partial charge in [-0.3, -0.25) is 0 Å². The summed E-state index contributed by atoms with van der Waals surface area (Å²) in [6.07, 6.45) is 0. The van der Waals surface area contributed by atoms with E-state index in [1.807, 2.05) is 24.3 Å². The van der Waals surface area contributed by atoms with Gasteiger partial charge < -0.3 is 20.7 Å². The molecule has 7 heteroatoms. The molecule has 3 rings (SSSR count). The fourth-order valence-electron chi connectivity index (χ4n) is 2.35. The van der Waals surface area contributed by atoms with Gasteiger partial charge in [-0.25, -0.2) is 9.59 Å². The number of carboxylic acid groups (broad SMARTS) is 2. The van der Waals surface area contributed by atoms with E-state index < -0.39 is 18.5 Å². The Hall–Kier alpha value is -3.06. The monoisotopic (exact) mass is 343 g/mol. The lowest BCUT2D eigenvalue weighted by atomic mass is 10.0. The van der Waals surface area contributed by atoms with Crippen LogP contribution in [0.5, 0.6) is 5.75 Å². The molecule has 0 amide bonds. The van der Waals surface area contributed by atoms with Crippen molar-refractivity contribution in [2.45, 2.75) is 0 Å². The molecule has 0 aliphatic heterocycles. The normalized spacial score (nSPS) is 10.7. The summed E-state index contributed by atoms with van der Waals surface area (Å²) < 4.78 is 5.90. The Kier molecular flexibility index (Phi) is 4.09. The topological polar surface area (TPSA) is 110 Å². The first-order valence-electron chi connectivity index (χ1n) is 6.96. The zero-order valence-electron chi connectivity index (χ0n) is 12.4. The highest BCUT2D eigenvalue weighted by Crippen LogP contribution is 2.39. The molecule has 1 aromatic heterocycles. The minimum absolute atomic E-state index is 0.0132. The van der Waals surface area contributed by atoms with Gasteiger partial charge in [0.15, 0.2) is 17.2 Å².